The maximum absolute atomic E-state index is 11.9. The number of aromatic nitrogens is 3. The molecule has 1 aromatic rings. The Kier molecular flexibility index (Phi) is 4.25. The monoisotopic (exact) mass is 219 g/mol. The minimum absolute atomic E-state index is 0.106. The van der Waals surface area contributed by atoms with Crippen LogP contribution < -0.4 is 0 Å². The van der Waals surface area contributed by atoms with Crippen LogP contribution in [-0.2, 0) is 19.9 Å². The first kappa shape index (κ1) is 11.4. The van der Waals surface area contributed by atoms with Crippen LogP contribution in [0.3, 0.4) is 0 Å². The third-order valence-electron chi connectivity index (χ3n) is 1.44. The highest BCUT2D eigenvalue weighted by Gasteiger charge is 2.24. The summed E-state index contributed by atoms with van der Waals surface area (Å²) in [5, 5.41) is 3.84. The minimum Gasteiger partial charge on any atom is -0.308 e. The van der Waals surface area contributed by atoms with Gasteiger partial charge >= 0.3 is 7.60 Å². The molecule has 0 bridgehead atoms. The Bertz CT molecular complexity index is 291. The summed E-state index contributed by atoms with van der Waals surface area (Å²) in [5.41, 5.74) is 0. The second-order valence-electron chi connectivity index (χ2n) is 2.52. The zero-order chi connectivity index (χ0) is 10.4. The highest BCUT2D eigenvalue weighted by molar-refractivity contribution is 7.52. The lowest BCUT2D eigenvalue weighted by Gasteiger charge is -2.16. The van der Waals surface area contributed by atoms with Gasteiger partial charge in [-0.2, -0.15) is 5.10 Å². The minimum atomic E-state index is -3.05. The van der Waals surface area contributed by atoms with Crippen molar-refractivity contribution < 1.29 is 13.6 Å². The standard InChI is InChI=1S/C7H14N3O3P/c1-3-12-14(11,13-4-2)7-10-6-8-5-9-10/h5-6H,3-4,7H2,1-2H3. The van der Waals surface area contributed by atoms with Crippen molar-refractivity contribution in [1.29, 1.82) is 0 Å². The predicted octanol–water partition coefficient (Wildman–Crippen LogP) is 1.50. The van der Waals surface area contributed by atoms with Crippen LogP contribution in [0.15, 0.2) is 12.7 Å². The molecule has 0 fully saturated rings. The van der Waals surface area contributed by atoms with Crippen molar-refractivity contribution >= 4 is 7.60 Å². The molecule has 0 saturated heterocycles. The van der Waals surface area contributed by atoms with Gasteiger partial charge in [0.25, 0.3) is 0 Å². The first-order valence-electron chi connectivity index (χ1n) is 4.40. The second-order valence-corrected chi connectivity index (χ2v) is 4.54. The number of hydrogen-bond acceptors (Lipinski definition) is 5. The fraction of sp³-hybridized carbons (Fsp3) is 0.714. The third kappa shape index (κ3) is 3.21. The number of nitrogens with zero attached hydrogens (tertiary/aromatic N) is 3. The molecule has 0 aliphatic rings. The van der Waals surface area contributed by atoms with E-state index in [1.807, 2.05) is 0 Å². The van der Waals surface area contributed by atoms with Crippen molar-refractivity contribution in [3.05, 3.63) is 12.7 Å². The van der Waals surface area contributed by atoms with Gasteiger partial charge in [0.1, 0.15) is 18.9 Å². The van der Waals surface area contributed by atoms with E-state index in [1.54, 1.807) is 13.8 Å². The molecule has 0 amide bonds. The smallest absolute Gasteiger partial charge is 0.308 e. The molecule has 0 radical (unpaired) electrons. The van der Waals surface area contributed by atoms with Crippen LogP contribution >= 0.6 is 7.60 Å². The topological polar surface area (TPSA) is 66.2 Å². The molecule has 1 heterocycles. The molecule has 6 nitrogen and oxygen atoms in total. The molecule has 0 aliphatic heterocycles. The summed E-state index contributed by atoms with van der Waals surface area (Å²) in [6.07, 6.45) is 2.96. The van der Waals surface area contributed by atoms with E-state index in [2.05, 4.69) is 10.1 Å². The highest BCUT2D eigenvalue weighted by atomic mass is 31.2. The summed E-state index contributed by atoms with van der Waals surface area (Å²) in [7, 11) is -3.05. The van der Waals surface area contributed by atoms with E-state index >= 15 is 0 Å². The summed E-state index contributed by atoms with van der Waals surface area (Å²) < 4.78 is 23.6. The molecule has 0 spiro atoms. The zero-order valence-electron chi connectivity index (χ0n) is 8.29. The Morgan fingerprint density at radius 2 is 2.00 bits per heavy atom. The molecule has 0 aromatic carbocycles. The first-order chi connectivity index (χ1) is 6.70. The van der Waals surface area contributed by atoms with Crippen LogP contribution in [-0.4, -0.2) is 28.0 Å². The van der Waals surface area contributed by atoms with E-state index in [1.165, 1.54) is 17.3 Å². The van der Waals surface area contributed by atoms with Crippen molar-refractivity contribution in [3.8, 4) is 0 Å². The molecular weight excluding hydrogens is 205 g/mol. The molecule has 0 unspecified atom stereocenters. The van der Waals surface area contributed by atoms with Crippen LogP contribution in [0.1, 0.15) is 13.8 Å². The number of rotatable bonds is 6. The van der Waals surface area contributed by atoms with Crippen molar-refractivity contribution in [1.82, 2.24) is 14.8 Å². The predicted molar refractivity (Wildman–Crippen MR) is 50.9 cm³/mol. The highest BCUT2D eigenvalue weighted by Crippen LogP contribution is 2.49. The van der Waals surface area contributed by atoms with Gasteiger partial charge in [-0.15, -0.1) is 0 Å². The van der Waals surface area contributed by atoms with Gasteiger partial charge in [-0.25, -0.2) is 9.67 Å². The Morgan fingerprint density at radius 1 is 1.36 bits per heavy atom. The van der Waals surface area contributed by atoms with E-state index < -0.39 is 7.60 Å². The van der Waals surface area contributed by atoms with E-state index in [-0.39, 0.29) is 6.29 Å². The molecule has 0 N–H and O–H groups in total. The first-order valence-corrected chi connectivity index (χ1v) is 6.13. The molecule has 80 valence electrons. The van der Waals surface area contributed by atoms with Crippen molar-refractivity contribution in [3.63, 3.8) is 0 Å². The zero-order valence-corrected chi connectivity index (χ0v) is 9.18. The lowest BCUT2D eigenvalue weighted by atomic mass is 10.9. The van der Waals surface area contributed by atoms with Gasteiger partial charge in [0.2, 0.25) is 0 Å². The molecule has 7 heteroatoms. The van der Waals surface area contributed by atoms with Crippen LogP contribution in [0.5, 0.6) is 0 Å². The normalized spacial score (nSPS) is 11.9. The van der Waals surface area contributed by atoms with Gasteiger partial charge in [0.15, 0.2) is 0 Å². The molecule has 0 saturated carbocycles. The van der Waals surface area contributed by atoms with Gasteiger partial charge in [-0.1, -0.05) is 0 Å². The Balaban J connectivity index is 2.64. The molecule has 1 rings (SSSR count). The third-order valence-corrected chi connectivity index (χ3v) is 3.38. The summed E-state index contributed by atoms with van der Waals surface area (Å²) in [4.78, 5) is 3.75. The molecule has 14 heavy (non-hydrogen) atoms. The van der Waals surface area contributed by atoms with Crippen molar-refractivity contribution in [2.24, 2.45) is 0 Å². The fourth-order valence-corrected chi connectivity index (χ4v) is 2.52. The summed E-state index contributed by atoms with van der Waals surface area (Å²) in [6.45, 7) is 4.25. The largest absolute Gasteiger partial charge is 0.351 e. The van der Waals surface area contributed by atoms with Gasteiger partial charge in [0.05, 0.1) is 13.2 Å². The summed E-state index contributed by atoms with van der Waals surface area (Å²) >= 11 is 0. The van der Waals surface area contributed by atoms with Gasteiger partial charge in [0, 0.05) is 0 Å². The second kappa shape index (κ2) is 5.24. The summed E-state index contributed by atoms with van der Waals surface area (Å²) in [6, 6.07) is 0. The maximum atomic E-state index is 11.9. The maximum Gasteiger partial charge on any atom is 0.351 e. The van der Waals surface area contributed by atoms with Gasteiger partial charge in [-0.3, -0.25) is 4.57 Å². The lowest BCUT2D eigenvalue weighted by molar-refractivity contribution is 0.213. The molecule has 0 aliphatic carbocycles. The van der Waals surface area contributed by atoms with Crippen LogP contribution in [0, 0.1) is 0 Å². The lowest BCUT2D eigenvalue weighted by Crippen LogP contribution is -2.05. The number of hydrogen-bond donors (Lipinski definition) is 0. The van der Waals surface area contributed by atoms with E-state index in [4.69, 9.17) is 9.05 Å². The van der Waals surface area contributed by atoms with Crippen molar-refractivity contribution in [2.45, 2.75) is 20.1 Å². The Hall–Kier alpha value is -0.710. The summed E-state index contributed by atoms with van der Waals surface area (Å²) in [5.74, 6) is 0. The van der Waals surface area contributed by atoms with Crippen LogP contribution in [0.4, 0.5) is 0 Å². The van der Waals surface area contributed by atoms with E-state index in [0.29, 0.717) is 13.2 Å². The van der Waals surface area contributed by atoms with Crippen LogP contribution in [0.2, 0.25) is 0 Å². The average Bonchev–Trinajstić information content (AvgIpc) is 2.57. The van der Waals surface area contributed by atoms with Gasteiger partial charge < -0.3 is 9.05 Å². The van der Waals surface area contributed by atoms with E-state index in [0.717, 1.165) is 0 Å². The Labute approximate surface area is 82.8 Å². The molecule has 1 aromatic heterocycles. The SMILES string of the molecule is CCOP(=O)(Cn1cncn1)OCC. The Morgan fingerprint density at radius 3 is 2.43 bits per heavy atom. The van der Waals surface area contributed by atoms with Crippen LogP contribution in [0.25, 0.3) is 0 Å². The van der Waals surface area contributed by atoms with E-state index in [9.17, 15) is 4.57 Å². The quantitative estimate of drug-likeness (QED) is 0.678. The fourth-order valence-electron chi connectivity index (χ4n) is 0.996. The molecule has 0 atom stereocenters. The van der Waals surface area contributed by atoms with Crippen molar-refractivity contribution in [2.75, 3.05) is 13.2 Å². The van der Waals surface area contributed by atoms with Gasteiger partial charge in [-0.05, 0) is 13.8 Å². The average molecular weight is 219 g/mol. The molecular formula is C7H14N3O3P.